The van der Waals surface area contributed by atoms with Crippen molar-refractivity contribution in [1.82, 2.24) is 10.3 Å². The standard InChI is InChI=1S/C13H20N2O/c1-14-13(11-6-8-15-9-7-11)10-2-4-12(16)5-3-10/h6-10,12-14,16H,2-5H2,1H3. The molecule has 1 saturated carbocycles. The van der Waals surface area contributed by atoms with E-state index in [2.05, 4.69) is 22.4 Å². The quantitative estimate of drug-likeness (QED) is 0.817. The van der Waals surface area contributed by atoms with Crippen molar-refractivity contribution in [2.75, 3.05) is 7.05 Å². The molecule has 0 aliphatic heterocycles. The second-order valence-electron chi connectivity index (χ2n) is 4.62. The Balaban J connectivity index is 2.05. The maximum absolute atomic E-state index is 9.52. The summed E-state index contributed by atoms with van der Waals surface area (Å²) in [5.41, 5.74) is 1.30. The lowest BCUT2D eigenvalue weighted by molar-refractivity contribution is 0.0981. The summed E-state index contributed by atoms with van der Waals surface area (Å²) in [6.45, 7) is 0. The average molecular weight is 220 g/mol. The van der Waals surface area contributed by atoms with Crippen molar-refractivity contribution in [3.05, 3.63) is 30.1 Å². The summed E-state index contributed by atoms with van der Waals surface area (Å²) in [4.78, 5) is 4.05. The molecule has 3 nitrogen and oxygen atoms in total. The molecule has 1 atom stereocenters. The molecule has 1 heterocycles. The van der Waals surface area contributed by atoms with Crippen LogP contribution in [0.3, 0.4) is 0 Å². The van der Waals surface area contributed by atoms with Crippen LogP contribution < -0.4 is 5.32 Å². The van der Waals surface area contributed by atoms with Crippen LogP contribution in [-0.4, -0.2) is 23.2 Å². The van der Waals surface area contributed by atoms with Crippen LogP contribution in [0.2, 0.25) is 0 Å². The highest BCUT2D eigenvalue weighted by Gasteiger charge is 2.26. The van der Waals surface area contributed by atoms with E-state index in [1.807, 2.05) is 19.4 Å². The van der Waals surface area contributed by atoms with Gasteiger partial charge < -0.3 is 10.4 Å². The number of nitrogens with zero attached hydrogens (tertiary/aromatic N) is 1. The first-order valence-corrected chi connectivity index (χ1v) is 6.06. The topological polar surface area (TPSA) is 45.2 Å². The molecule has 0 radical (unpaired) electrons. The van der Waals surface area contributed by atoms with Gasteiger partial charge in [0.2, 0.25) is 0 Å². The highest BCUT2D eigenvalue weighted by atomic mass is 16.3. The van der Waals surface area contributed by atoms with Crippen LogP contribution in [0.15, 0.2) is 24.5 Å². The minimum absolute atomic E-state index is 0.0776. The fourth-order valence-corrected chi connectivity index (χ4v) is 2.68. The Hall–Kier alpha value is -0.930. The van der Waals surface area contributed by atoms with Crippen molar-refractivity contribution in [2.24, 2.45) is 5.92 Å². The Morgan fingerprint density at radius 2 is 1.88 bits per heavy atom. The third kappa shape index (κ3) is 2.60. The van der Waals surface area contributed by atoms with Crippen LogP contribution in [0.1, 0.15) is 37.3 Å². The maximum atomic E-state index is 9.52. The number of rotatable bonds is 3. The molecule has 2 N–H and O–H groups in total. The van der Waals surface area contributed by atoms with Gasteiger partial charge in [0.25, 0.3) is 0 Å². The first-order chi connectivity index (χ1) is 7.81. The van der Waals surface area contributed by atoms with Gasteiger partial charge in [-0.3, -0.25) is 4.98 Å². The van der Waals surface area contributed by atoms with Gasteiger partial charge in [-0.25, -0.2) is 0 Å². The first kappa shape index (κ1) is 11.6. The van der Waals surface area contributed by atoms with Gasteiger partial charge in [-0.05, 0) is 56.3 Å². The van der Waals surface area contributed by atoms with Gasteiger partial charge >= 0.3 is 0 Å². The average Bonchev–Trinajstić information content (AvgIpc) is 2.34. The fourth-order valence-electron chi connectivity index (χ4n) is 2.68. The number of aromatic nitrogens is 1. The molecule has 1 aromatic heterocycles. The van der Waals surface area contributed by atoms with E-state index >= 15 is 0 Å². The molecule has 2 rings (SSSR count). The molecular weight excluding hydrogens is 200 g/mol. The van der Waals surface area contributed by atoms with Crippen molar-refractivity contribution in [2.45, 2.75) is 37.8 Å². The molecule has 16 heavy (non-hydrogen) atoms. The summed E-state index contributed by atoms with van der Waals surface area (Å²) >= 11 is 0. The zero-order valence-electron chi connectivity index (χ0n) is 9.76. The van der Waals surface area contributed by atoms with Gasteiger partial charge in [0.05, 0.1) is 6.10 Å². The molecule has 1 unspecified atom stereocenters. The number of pyridine rings is 1. The highest BCUT2D eigenvalue weighted by molar-refractivity contribution is 5.16. The summed E-state index contributed by atoms with van der Waals surface area (Å²) < 4.78 is 0. The van der Waals surface area contributed by atoms with E-state index in [0.29, 0.717) is 12.0 Å². The number of hydrogen-bond acceptors (Lipinski definition) is 3. The second kappa shape index (κ2) is 5.41. The van der Waals surface area contributed by atoms with Crippen molar-refractivity contribution >= 4 is 0 Å². The Bertz CT molecular complexity index is 307. The lowest BCUT2D eigenvalue weighted by atomic mass is 9.80. The molecule has 0 bridgehead atoms. The molecule has 1 aliphatic rings. The Morgan fingerprint density at radius 1 is 1.25 bits per heavy atom. The van der Waals surface area contributed by atoms with Crippen LogP contribution in [0, 0.1) is 5.92 Å². The third-order valence-electron chi connectivity index (χ3n) is 3.59. The second-order valence-corrected chi connectivity index (χ2v) is 4.62. The van der Waals surface area contributed by atoms with Crippen molar-refractivity contribution in [1.29, 1.82) is 0 Å². The molecular formula is C13H20N2O. The largest absolute Gasteiger partial charge is 0.393 e. The van der Waals surface area contributed by atoms with Crippen LogP contribution >= 0.6 is 0 Å². The number of nitrogens with one attached hydrogen (secondary N) is 1. The lowest BCUT2D eigenvalue weighted by Crippen LogP contribution is -2.30. The van der Waals surface area contributed by atoms with Crippen LogP contribution in [0.25, 0.3) is 0 Å². The van der Waals surface area contributed by atoms with E-state index in [4.69, 9.17) is 0 Å². The maximum Gasteiger partial charge on any atom is 0.0540 e. The zero-order chi connectivity index (χ0) is 11.4. The molecule has 1 fully saturated rings. The van der Waals surface area contributed by atoms with Crippen molar-refractivity contribution in [3.8, 4) is 0 Å². The van der Waals surface area contributed by atoms with E-state index in [-0.39, 0.29) is 6.10 Å². The summed E-state index contributed by atoms with van der Waals surface area (Å²) in [6, 6.07) is 4.55. The number of aliphatic hydroxyl groups is 1. The van der Waals surface area contributed by atoms with Gasteiger partial charge in [0, 0.05) is 18.4 Å². The molecule has 0 saturated heterocycles. The SMILES string of the molecule is CNC(c1ccncc1)C1CCC(O)CC1. The lowest BCUT2D eigenvalue weighted by Gasteiger charge is -2.32. The third-order valence-corrected chi connectivity index (χ3v) is 3.59. The van der Waals surface area contributed by atoms with Gasteiger partial charge in [0.1, 0.15) is 0 Å². The van der Waals surface area contributed by atoms with Gasteiger partial charge in [-0.1, -0.05) is 0 Å². The molecule has 1 aliphatic carbocycles. The number of aliphatic hydroxyl groups excluding tert-OH is 1. The molecule has 0 spiro atoms. The van der Waals surface area contributed by atoms with E-state index in [1.54, 1.807) is 0 Å². The summed E-state index contributed by atoms with van der Waals surface area (Å²) in [5, 5.41) is 12.9. The van der Waals surface area contributed by atoms with Gasteiger partial charge in [0.15, 0.2) is 0 Å². The van der Waals surface area contributed by atoms with Crippen molar-refractivity contribution < 1.29 is 5.11 Å². The molecule has 0 amide bonds. The van der Waals surface area contributed by atoms with E-state index in [0.717, 1.165) is 25.7 Å². The summed E-state index contributed by atoms with van der Waals surface area (Å²) in [6.07, 6.45) is 7.70. The van der Waals surface area contributed by atoms with Gasteiger partial charge in [-0.2, -0.15) is 0 Å². The number of hydrogen-bond donors (Lipinski definition) is 2. The smallest absolute Gasteiger partial charge is 0.0540 e. The molecule has 0 aromatic carbocycles. The van der Waals surface area contributed by atoms with Gasteiger partial charge in [-0.15, -0.1) is 0 Å². The predicted octanol–water partition coefficient (Wildman–Crippen LogP) is 1.89. The minimum Gasteiger partial charge on any atom is -0.393 e. The fraction of sp³-hybridized carbons (Fsp3) is 0.615. The van der Waals surface area contributed by atoms with Crippen LogP contribution in [-0.2, 0) is 0 Å². The van der Waals surface area contributed by atoms with E-state index < -0.39 is 0 Å². The van der Waals surface area contributed by atoms with E-state index in [9.17, 15) is 5.11 Å². The predicted molar refractivity (Wildman–Crippen MR) is 64.0 cm³/mol. The zero-order valence-corrected chi connectivity index (χ0v) is 9.76. The Labute approximate surface area is 96.9 Å². The monoisotopic (exact) mass is 220 g/mol. The minimum atomic E-state index is -0.0776. The summed E-state index contributed by atoms with van der Waals surface area (Å²) in [7, 11) is 2.01. The summed E-state index contributed by atoms with van der Waals surface area (Å²) in [5.74, 6) is 0.635. The molecule has 3 heteroatoms. The van der Waals surface area contributed by atoms with Crippen LogP contribution in [0.5, 0.6) is 0 Å². The normalized spacial score (nSPS) is 27.6. The Kier molecular flexibility index (Phi) is 3.91. The van der Waals surface area contributed by atoms with E-state index in [1.165, 1.54) is 5.56 Å². The van der Waals surface area contributed by atoms with Crippen molar-refractivity contribution in [3.63, 3.8) is 0 Å². The molecule has 1 aromatic rings. The highest BCUT2D eigenvalue weighted by Crippen LogP contribution is 2.34. The van der Waals surface area contributed by atoms with Crippen LogP contribution in [0.4, 0.5) is 0 Å². The first-order valence-electron chi connectivity index (χ1n) is 6.06. The Morgan fingerprint density at radius 3 is 2.44 bits per heavy atom. The molecule has 88 valence electrons.